The van der Waals surface area contributed by atoms with Gasteiger partial charge in [-0.15, -0.1) is 0 Å². The molecule has 0 amide bonds. The highest BCUT2D eigenvalue weighted by Gasteiger charge is 2.32. The van der Waals surface area contributed by atoms with Gasteiger partial charge in [-0.1, -0.05) is 34.1 Å². The van der Waals surface area contributed by atoms with Gasteiger partial charge in [0.2, 0.25) is 0 Å². The maximum absolute atomic E-state index is 5.77. The van der Waals surface area contributed by atoms with E-state index in [1.807, 2.05) is 12.1 Å². The molecule has 0 aromatic heterocycles. The highest BCUT2D eigenvalue weighted by Crippen LogP contribution is 2.25. The van der Waals surface area contributed by atoms with E-state index in [-0.39, 0.29) is 11.6 Å². The van der Waals surface area contributed by atoms with Crippen molar-refractivity contribution in [2.75, 3.05) is 33.4 Å². The summed E-state index contributed by atoms with van der Waals surface area (Å²) in [5.41, 5.74) is 0.993. The van der Waals surface area contributed by atoms with E-state index in [4.69, 9.17) is 14.5 Å². The monoisotopic (exact) mass is 397 g/mol. The Morgan fingerprint density at radius 2 is 2.08 bits per heavy atom. The summed E-state index contributed by atoms with van der Waals surface area (Å²) in [6, 6.07) is 8.38. The lowest BCUT2D eigenvalue weighted by Crippen LogP contribution is -2.44. The van der Waals surface area contributed by atoms with Crippen LogP contribution in [-0.4, -0.2) is 45.0 Å². The van der Waals surface area contributed by atoms with Crippen LogP contribution in [0.25, 0.3) is 0 Å². The van der Waals surface area contributed by atoms with Crippen molar-refractivity contribution in [1.82, 2.24) is 10.6 Å². The molecule has 0 aliphatic carbocycles. The molecule has 1 aromatic rings. The number of methoxy groups -OCH3 is 1. The van der Waals surface area contributed by atoms with Crippen molar-refractivity contribution in [2.24, 2.45) is 4.99 Å². The Morgan fingerprint density at radius 3 is 2.71 bits per heavy atom. The molecule has 1 fully saturated rings. The fourth-order valence-electron chi connectivity index (χ4n) is 2.82. The van der Waals surface area contributed by atoms with Crippen molar-refractivity contribution in [3.05, 3.63) is 34.3 Å². The summed E-state index contributed by atoms with van der Waals surface area (Å²) in [5.74, 6) is 0.809. The number of aliphatic imine (C=N–C) groups is 1. The molecule has 1 aromatic carbocycles. The molecule has 1 unspecified atom stereocenters. The first-order chi connectivity index (χ1) is 11.6. The third kappa shape index (κ3) is 5.19. The summed E-state index contributed by atoms with van der Waals surface area (Å²) in [5, 5.41) is 6.80. The van der Waals surface area contributed by atoms with Crippen LogP contribution < -0.4 is 10.6 Å². The fourth-order valence-corrected chi connectivity index (χ4v) is 3.45. The second kappa shape index (κ2) is 9.39. The average molecular weight is 398 g/mol. The third-order valence-electron chi connectivity index (χ3n) is 4.43. The van der Waals surface area contributed by atoms with Crippen LogP contribution in [-0.2, 0) is 9.47 Å². The second-order valence-electron chi connectivity index (χ2n) is 6.08. The lowest BCUT2D eigenvalue weighted by molar-refractivity contribution is -0.0828. The first-order valence-electron chi connectivity index (χ1n) is 8.52. The van der Waals surface area contributed by atoms with E-state index in [1.165, 1.54) is 5.56 Å². The minimum atomic E-state index is -0.211. The van der Waals surface area contributed by atoms with E-state index in [0.29, 0.717) is 6.54 Å². The van der Waals surface area contributed by atoms with Gasteiger partial charge in [0.15, 0.2) is 5.96 Å². The summed E-state index contributed by atoms with van der Waals surface area (Å²) < 4.78 is 12.3. The van der Waals surface area contributed by atoms with Gasteiger partial charge in [-0.2, -0.15) is 0 Å². The average Bonchev–Trinajstić information content (AvgIpc) is 2.61. The Labute approximate surface area is 153 Å². The molecule has 6 heteroatoms. The third-order valence-corrected chi connectivity index (χ3v) is 5.15. The summed E-state index contributed by atoms with van der Waals surface area (Å²) in [6.45, 7) is 7.12. The normalized spacial score (nSPS) is 18.9. The van der Waals surface area contributed by atoms with E-state index < -0.39 is 0 Å². The van der Waals surface area contributed by atoms with Gasteiger partial charge in [-0.25, -0.2) is 0 Å². The van der Waals surface area contributed by atoms with Gasteiger partial charge in [0.1, 0.15) is 0 Å². The first-order valence-corrected chi connectivity index (χ1v) is 9.31. The largest absolute Gasteiger partial charge is 0.381 e. The molecule has 0 spiro atoms. The second-order valence-corrected chi connectivity index (χ2v) is 6.94. The molecular formula is C18H28BrN3O2. The van der Waals surface area contributed by atoms with Crippen LogP contribution in [0.2, 0.25) is 0 Å². The molecule has 1 saturated heterocycles. The molecule has 2 rings (SSSR count). The quantitative estimate of drug-likeness (QED) is 0.571. The summed E-state index contributed by atoms with van der Waals surface area (Å²) in [4.78, 5) is 4.77. The molecule has 0 saturated carbocycles. The predicted octanol–water partition coefficient (Wildman–Crippen LogP) is 3.26. The standard InChI is InChI=1S/C18H28BrN3O2/c1-4-20-17(21-13-18(23-3)9-11-24-12-10-18)22-14(2)15-7-5-6-8-16(15)19/h5-8,14H,4,9-13H2,1-3H3,(H2,20,21,22). The summed E-state index contributed by atoms with van der Waals surface area (Å²) in [6.07, 6.45) is 1.76. The van der Waals surface area contributed by atoms with E-state index in [0.717, 1.165) is 43.0 Å². The number of nitrogens with one attached hydrogen (secondary N) is 2. The van der Waals surface area contributed by atoms with Gasteiger partial charge < -0.3 is 20.1 Å². The molecule has 24 heavy (non-hydrogen) atoms. The van der Waals surface area contributed by atoms with Gasteiger partial charge in [0.25, 0.3) is 0 Å². The van der Waals surface area contributed by atoms with Crippen LogP contribution >= 0.6 is 15.9 Å². The minimum absolute atomic E-state index is 0.145. The first kappa shape index (κ1) is 19.2. The predicted molar refractivity (Wildman–Crippen MR) is 101 cm³/mol. The molecule has 1 atom stereocenters. The maximum atomic E-state index is 5.77. The van der Waals surface area contributed by atoms with Gasteiger partial charge >= 0.3 is 0 Å². The molecule has 5 nitrogen and oxygen atoms in total. The van der Waals surface area contributed by atoms with Crippen molar-refractivity contribution in [3.8, 4) is 0 Å². The van der Waals surface area contributed by atoms with Crippen molar-refractivity contribution >= 4 is 21.9 Å². The zero-order chi connectivity index (χ0) is 17.4. The van der Waals surface area contributed by atoms with Crippen LogP contribution in [0.4, 0.5) is 0 Å². The lowest BCUT2D eigenvalue weighted by Gasteiger charge is -2.34. The Hall–Kier alpha value is -1.11. The van der Waals surface area contributed by atoms with Crippen molar-refractivity contribution < 1.29 is 9.47 Å². The molecule has 1 aliphatic heterocycles. The zero-order valence-electron chi connectivity index (χ0n) is 14.8. The number of benzene rings is 1. The summed E-state index contributed by atoms with van der Waals surface area (Å²) in [7, 11) is 1.77. The van der Waals surface area contributed by atoms with Gasteiger partial charge in [0.05, 0.1) is 18.2 Å². The van der Waals surface area contributed by atoms with E-state index in [9.17, 15) is 0 Å². The highest BCUT2D eigenvalue weighted by molar-refractivity contribution is 9.10. The number of ether oxygens (including phenoxy) is 2. The van der Waals surface area contributed by atoms with E-state index >= 15 is 0 Å². The Bertz CT molecular complexity index is 545. The number of hydrogen-bond donors (Lipinski definition) is 2. The smallest absolute Gasteiger partial charge is 0.191 e. The van der Waals surface area contributed by atoms with Crippen LogP contribution in [0.3, 0.4) is 0 Å². The van der Waals surface area contributed by atoms with Crippen LogP contribution in [0, 0.1) is 0 Å². The molecule has 2 N–H and O–H groups in total. The van der Waals surface area contributed by atoms with E-state index in [1.54, 1.807) is 7.11 Å². The molecule has 134 valence electrons. The minimum Gasteiger partial charge on any atom is -0.381 e. The number of hydrogen-bond acceptors (Lipinski definition) is 3. The van der Waals surface area contributed by atoms with Gasteiger partial charge in [-0.3, -0.25) is 4.99 Å². The lowest BCUT2D eigenvalue weighted by atomic mass is 9.94. The number of halogens is 1. The molecule has 1 aliphatic rings. The van der Waals surface area contributed by atoms with E-state index in [2.05, 4.69) is 52.5 Å². The van der Waals surface area contributed by atoms with Crippen LogP contribution in [0.15, 0.2) is 33.7 Å². The Morgan fingerprint density at radius 1 is 1.38 bits per heavy atom. The molecule has 0 radical (unpaired) electrons. The topological polar surface area (TPSA) is 54.9 Å². The fraction of sp³-hybridized carbons (Fsp3) is 0.611. The SMILES string of the molecule is CCNC(=NCC1(OC)CCOCC1)NC(C)c1ccccc1Br. The number of nitrogens with zero attached hydrogens (tertiary/aromatic N) is 1. The number of rotatable bonds is 6. The maximum Gasteiger partial charge on any atom is 0.191 e. The highest BCUT2D eigenvalue weighted by atomic mass is 79.9. The van der Waals surface area contributed by atoms with Crippen molar-refractivity contribution in [1.29, 1.82) is 0 Å². The Kier molecular flexibility index (Phi) is 7.52. The number of guanidine groups is 1. The van der Waals surface area contributed by atoms with Gasteiger partial charge in [0, 0.05) is 44.2 Å². The summed E-state index contributed by atoms with van der Waals surface area (Å²) >= 11 is 3.61. The van der Waals surface area contributed by atoms with Crippen LogP contribution in [0.1, 0.15) is 38.3 Å². The Balaban J connectivity index is 2.06. The molecule has 0 bridgehead atoms. The van der Waals surface area contributed by atoms with Crippen LogP contribution in [0.5, 0.6) is 0 Å². The molecule has 1 heterocycles. The van der Waals surface area contributed by atoms with Crippen molar-refractivity contribution in [2.45, 2.75) is 38.3 Å². The van der Waals surface area contributed by atoms with Crippen molar-refractivity contribution in [3.63, 3.8) is 0 Å². The molecular weight excluding hydrogens is 370 g/mol. The zero-order valence-corrected chi connectivity index (χ0v) is 16.4. The van der Waals surface area contributed by atoms with Gasteiger partial charge in [-0.05, 0) is 25.5 Å².